The highest BCUT2D eigenvalue weighted by Gasteiger charge is 2.23. The Morgan fingerprint density at radius 1 is 1.33 bits per heavy atom. The van der Waals surface area contributed by atoms with Gasteiger partial charge in [-0.25, -0.2) is 8.78 Å². The van der Waals surface area contributed by atoms with Gasteiger partial charge in [-0.2, -0.15) is 0 Å². The molecule has 1 N–H and O–H groups in total. The zero-order valence-electron chi connectivity index (χ0n) is 11.9. The van der Waals surface area contributed by atoms with Gasteiger partial charge in [0.25, 0.3) is 5.69 Å². The van der Waals surface area contributed by atoms with Crippen molar-refractivity contribution in [2.45, 2.75) is 12.5 Å². The van der Waals surface area contributed by atoms with Gasteiger partial charge in [-0.05, 0) is 18.2 Å². The molecule has 24 heavy (non-hydrogen) atoms. The lowest BCUT2D eigenvalue weighted by atomic mass is 10.0. The van der Waals surface area contributed by atoms with Gasteiger partial charge in [0.15, 0.2) is 0 Å². The summed E-state index contributed by atoms with van der Waals surface area (Å²) >= 11 is 8.89. The number of nitrogens with zero attached hydrogens (tertiary/aromatic N) is 1. The van der Waals surface area contributed by atoms with E-state index in [0.29, 0.717) is 12.4 Å². The average molecular weight is 420 g/mol. The molecule has 5 nitrogen and oxygen atoms in total. The van der Waals surface area contributed by atoms with Gasteiger partial charge in [-0.1, -0.05) is 27.5 Å². The van der Waals surface area contributed by atoms with E-state index in [-0.39, 0.29) is 32.9 Å². The number of carbonyl (C=O) groups is 1. The Bertz CT molecular complexity index is 781. The summed E-state index contributed by atoms with van der Waals surface area (Å²) in [6, 6.07) is 4.60. The summed E-state index contributed by atoms with van der Waals surface area (Å²) < 4.78 is 27.5. The van der Waals surface area contributed by atoms with E-state index in [4.69, 9.17) is 11.6 Å². The van der Waals surface area contributed by atoms with Crippen molar-refractivity contribution in [1.82, 2.24) is 0 Å². The maximum atomic E-state index is 14.1. The first kappa shape index (κ1) is 18.3. The SMILES string of the molecule is O=CC[C@@H](Nc1cc(Cl)ccc1[N+](=O)[O-])c1c(F)cc(F)cc1Br. The molecule has 0 heterocycles. The first-order chi connectivity index (χ1) is 11.3. The van der Waals surface area contributed by atoms with Crippen LogP contribution in [0.15, 0.2) is 34.8 Å². The minimum atomic E-state index is -0.949. The average Bonchev–Trinajstić information content (AvgIpc) is 2.46. The van der Waals surface area contributed by atoms with Crippen molar-refractivity contribution in [3.8, 4) is 0 Å². The van der Waals surface area contributed by atoms with Crippen LogP contribution in [-0.2, 0) is 4.79 Å². The molecule has 0 bridgehead atoms. The van der Waals surface area contributed by atoms with Crippen molar-refractivity contribution in [3.63, 3.8) is 0 Å². The zero-order chi connectivity index (χ0) is 17.9. The number of hydrogen-bond donors (Lipinski definition) is 1. The second-order valence-electron chi connectivity index (χ2n) is 4.80. The third-order valence-electron chi connectivity index (χ3n) is 3.21. The third-order valence-corrected chi connectivity index (χ3v) is 4.10. The minimum absolute atomic E-state index is 0.0160. The molecule has 0 saturated heterocycles. The normalized spacial score (nSPS) is 11.8. The Kier molecular flexibility index (Phi) is 5.84. The van der Waals surface area contributed by atoms with Crippen LogP contribution in [0, 0.1) is 21.7 Å². The van der Waals surface area contributed by atoms with Gasteiger partial charge >= 0.3 is 0 Å². The van der Waals surface area contributed by atoms with Crippen LogP contribution < -0.4 is 5.32 Å². The monoisotopic (exact) mass is 418 g/mol. The van der Waals surface area contributed by atoms with E-state index in [1.807, 2.05) is 0 Å². The van der Waals surface area contributed by atoms with Crippen LogP contribution in [0.3, 0.4) is 0 Å². The van der Waals surface area contributed by atoms with Crippen molar-refractivity contribution in [3.05, 3.63) is 67.1 Å². The summed E-state index contributed by atoms with van der Waals surface area (Å²) in [5.74, 6) is -1.67. The maximum Gasteiger partial charge on any atom is 0.292 e. The molecule has 9 heteroatoms. The molecule has 126 valence electrons. The Labute approximate surface area is 148 Å². The molecule has 0 unspecified atom stereocenters. The van der Waals surface area contributed by atoms with Crippen molar-refractivity contribution < 1.29 is 18.5 Å². The Balaban J connectivity index is 2.49. The van der Waals surface area contributed by atoms with E-state index in [9.17, 15) is 23.7 Å². The van der Waals surface area contributed by atoms with Crippen LogP contribution >= 0.6 is 27.5 Å². The fraction of sp³-hybridized carbons (Fsp3) is 0.133. The standard InChI is InChI=1S/C15H10BrClF2N2O3/c16-10-6-9(18)7-11(19)15(10)12(3-4-22)20-13-5-8(17)1-2-14(13)21(23)24/h1-2,4-7,12,20H,3H2/t12-/m1/s1. The van der Waals surface area contributed by atoms with Gasteiger partial charge < -0.3 is 10.1 Å². The lowest BCUT2D eigenvalue weighted by Gasteiger charge is -2.20. The summed E-state index contributed by atoms with van der Waals surface area (Å²) in [4.78, 5) is 21.4. The predicted octanol–water partition coefficient (Wildman–Crippen LogP) is 5.03. The fourth-order valence-corrected chi connectivity index (χ4v) is 3.06. The molecule has 0 aliphatic carbocycles. The van der Waals surface area contributed by atoms with E-state index in [1.54, 1.807) is 0 Å². The first-order valence-corrected chi connectivity index (χ1v) is 7.79. The number of carbonyl (C=O) groups excluding carboxylic acids is 1. The highest BCUT2D eigenvalue weighted by atomic mass is 79.9. The number of halogens is 4. The summed E-state index contributed by atoms with van der Waals surface area (Å²) in [6.45, 7) is 0. The van der Waals surface area contributed by atoms with Crippen molar-refractivity contribution in [1.29, 1.82) is 0 Å². The van der Waals surface area contributed by atoms with Crippen LogP contribution in [-0.4, -0.2) is 11.2 Å². The highest BCUT2D eigenvalue weighted by molar-refractivity contribution is 9.10. The smallest absolute Gasteiger partial charge is 0.292 e. The van der Waals surface area contributed by atoms with E-state index < -0.39 is 22.6 Å². The van der Waals surface area contributed by atoms with Gasteiger partial charge in [0.2, 0.25) is 0 Å². The largest absolute Gasteiger partial charge is 0.372 e. The molecule has 2 rings (SSSR count). The van der Waals surface area contributed by atoms with E-state index in [0.717, 1.165) is 6.07 Å². The first-order valence-electron chi connectivity index (χ1n) is 6.62. The molecule has 0 amide bonds. The van der Waals surface area contributed by atoms with Crippen LogP contribution in [0.1, 0.15) is 18.0 Å². The van der Waals surface area contributed by atoms with Gasteiger partial charge in [-0.3, -0.25) is 10.1 Å². The van der Waals surface area contributed by atoms with Gasteiger partial charge in [-0.15, -0.1) is 0 Å². The molecule has 1 atom stereocenters. The van der Waals surface area contributed by atoms with Crippen LogP contribution in [0.2, 0.25) is 5.02 Å². The maximum absolute atomic E-state index is 14.1. The van der Waals surface area contributed by atoms with Crippen LogP contribution in [0.5, 0.6) is 0 Å². The fourth-order valence-electron chi connectivity index (χ4n) is 2.20. The quantitative estimate of drug-likeness (QED) is 0.405. The molecule has 0 aliphatic rings. The second kappa shape index (κ2) is 7.67. The molecule has 0 spiro atoms. The summed E-state index contributed by atoms with van der Waals surface area (Å²) in [5, 5.41) is 14.1. The molecule has 0 fully saturated rings. The number of nitrogens with one attached hydrogen (secondary N) is 1. The number of rotatable bonds is 6. The topological polar surface area (TPSA) is 72.2 Å². The summed E-state index contributed by atoms with van der Waals surface area (Å²) in [5.41, 5.74) is -0.276. The zero-order valence-corrected chi connectivity index (χ0v) is 14.3. The molecule has 2 aromatic rings. The Morgan fingerprint density at radius 2 is 2.04 bits per heavy atom. The predicted molar refractivity (Wildman–Crippen MR) is 89.2 cm³/mol. The lowest BCUT2D eigenvalue weighted by molar-refractivity contribution is -0.384. The Hall–Kier alpha value is -2.06. The molecule has 2 aromatic carbocycles. The molecular formula is C15H10BrClF2N2O3. The number of nitro groups is 1. The van der Waals surface area contributed by atoms with Gasteiger partial charge in [0.05, 0.1) is 11.0 Å². The van der Waals surface area contributed by atoms with Crippen molar-refractivity contribution in [2.24, 2.45) is 0 Å². The van der Waals surface area contributed by atoms with Crippen molar-refractivity contribution in [2.75, 3.05) is 5.32 Å². The molecule has 0 aromatic heterocycles. The van der Waals surface area contributed by atoms with E-state index in [2.05, 4.69) is 21.2 Å². The van der Waals surface area contributed by atoms with Gasteiger partial charge in [0, 0.05) is 33.6 Å². The lowest BCUT2D eigenvalue weighted by Crippen LogP contribution is -2.15. The summed E-state index contributed by atoms with van der Waals surface area (Å²) in [7, 11) is 0. The molecular weight excluding hydrogens is 410 g/mol. The number of anilines is 1. The van der Waals surface area contributed by atoms with Crippen molar-refractivity contribution >= 4 is 45.2 Å². The van der Waals surface area contributed by atoms with Gasteiger partial charge in [0.1, 0.15) is 23.6 Å². The third kappa shape index (κ3) is 4.07. The van der Waals surface area contributed by atoms with E-state index >= 15 is 0 Å². The molecule has 0 saturated carbocycles. The summed E-state index contributed by atoms with van der Waals surface area (Å²) in [6.07, 6.45) is 0.341. The van der Waals surface area contributed by atoms with E-state index in [1.165, 1.54) is 18.2 Å². The number of benzene rings is 2. The van der Waals surface area contributed by atoms with Crippen LogP contribution in [0.4, 0.5) is 20.2 Å². The molecule has 0 aliphatic heterocycles. The number of nitro benzene ring substituents is 1. The van der Waals surface area contributed by atoms with Crippen LogP contribution in [0.25, 0.3) is 0 Å². The highest BCUT2D eigenvalue weighted by Crippen LogP contribution is 2.35. The number of aldehydes is 1. The Morgan fingerprint density at radius 3 is 2.62 bits per heavy atom. The minimum Gasteiger partial charge on any atom is -0.372 e. The second-order valence-corrected chi connectivity index (χ2v) is 6.09. The number of hydrogen-bond acceptors (Lipinski definition) is 4. The molecule has 0 radical (unpaired) electrons.